The first-order valence-electron chi connectivity index (χ1n) is 3.51. The molecule has 0 aliphatic carbocycles. The van der Waals surface area contributed by atoms with Gasteiger partial charge in [-0.15, -0.1) is 11.3 Å². The summed E-state index contributed by atoms with van der Waals surface area (Å²) >= 11 is 6.62. The summed E-state index contributed by atoms with van der Waals surface area (Å²) in [5.41, 5.74) is 5.17. The Morgan fingerprint density at radius 3 is 2.69 bits per heavy atom. The predicted octanol–water partition coefficient (Wildman–Crippen LogP) is 0.639. The minimum absolute atomic E-state index is 0.214. The Morgan fingerprint density at radius 1 is 1.54 bits per heavy atom. The summed E-state index contributed by atoms with van der Waals surface area (Å²) in [6.07, 6.45) is 0. The zero-order chi connectivity index (χ0) is 9.90. The van der Waals surface area contributed by atoms with E-state index in [1.807, 2.05) is 0 Å². The zero-order valence-corrected chi connectivity index (χ0v) is 9.05. The van der Waals surface area contributed by atoms with E-state index in [1.54, 1.807) is 6.07 Å². The molecule has 1 aromatic rings. The third-order valence-corrected chi connectivity index (χ3v) is 4.43. The fourth-order valence-corrected chi connectivity index (χ4v) is 3.28. The average Bonchev–Trinajstić information content (AvgIpc) is 2.49. The molecule has 7 heteroatoms. The lowest BCUT2D eigenvalue weighted by Gasteiger charge is -2.01. The topological polar surface area (TPSA) is 72.2 Å². The molecule has 0 fully saturated rings. The Balaban J connectivity index is 2.82. The highest BCUT2D eigenvalue weighted by atomic mass is 35.5. The molecule has 13 heavy (non-hydrogen) atoms. The van der Waals surface area contributed by atoms with Crippen LogP contribution in [-0.2, 0) is 10.0 Å². The first kappa shape index (κ1) is 10.9. The van der Waals surface area contributed by atoms with Crippen LogP contribution >= 0.6 is 22.9 Å². The largest absolute Gasteiger partial charge is 0.329 e. The van der Waals surface area contributed by atoms with E-state index < -0.39 is 10.0 Å². The second kappa shape index (κ2) is 4.39. The van der Waals surface area contributed by atoms with Gasteiger partial charge in [-0.25, -0.2) is 13.1 Å². The van der Waals surface area contributed by atoms with Gasteiger partial charge in [0.1, 0.15) is 4.21 Å². The Kier molecular flexibility index (Phi) is 3.69. The highest BCUT2D eigenvalue weighted by molar-refractivity contribution is 7.91. The van der Waals surface area contributed by atoms with Crippen molar-refractivity contribution in [1.29, 1.82) is 0 Å². The second-order valence-corrected chi connectivity index (χ2v) is 5.95. The maximum Gasteiger partial charge on any atom is 0.250 e. The van der Waals surface area contributed by atoms with Crippen LogP contribution in [0, 0.1) is 0 Å². The number of halogens is 1. The van der Waals surface area contributed by atoms with Gasteiger partial charge in [-0.2, -0.15) is 0 Å². The second-order valence-electron chi connectivity index (χ2n) is 2.24. The van der Waals surface area contributed by atoms with Crippen LogP contribution in [-0.4, -0.2) is 21.5 Å². The summed E-state index contributed by atoms with van der Waals surface area (Å²) in [5.74, 6) is 0. The molecule has 0 bridgehead atoms. The number of nitrogens with one attached hydrogen (secondary N) is 1. The van der Waals surface area contributed by atoms with Crippen molar-refractivity contribution < 1.29 is 8.42 Å². The third kappa shape index (κ3) is 2.92. The van der Waals surface area contributed by atoms with Gasteiger partial charge in [0, 0.05) is 13.1 Å². The maximum absolute atomic E-state index is 11.4. The van der Waals surface area contributed by atoms with Crippen molar-refractivity contribution in [3.63, 3.8) is 0 Å². The molecular weight excluding hydrogens is 232 g/mol. The quantitative estimate of drug-likeness (QED) is 0.811. The van der Waals surface area contributed by atoms with E-state index in [-0.39, 0.29) is 17.3 Å². The Labute approximate surface area is 85.8 Å². The van der Waals surface area contributed by atoms with E-state index in [0.717, 1.165) is 11.3 Å². The molecule has 0 unspecified atom stereocenters. The standard InChI is InChI=1S/C6H9ClN2O2S2/c7-5-1-2-6(12-5)13(10,11)9-4-3-8/h1-2,9H,3-4,8H2. The zero-order valence-electron chi connectivity index (χ0n) is 6.66. The van der Waals surface area contributed by atoms with E-state index >= 15 is 0 Å². The molecule has 1 heterocycles. The van der Waals surface area contributed by atoms with E-state index in [2.05, 4.69) is 4.72 Å². The molecular formula is C6H9ClN2O2S2. The van der Waals surface area contributed by atoms with Gasteiger partial charge >= 0.3 is 0 Å². The van der Waals surface area contributed by atoms with Crippen molar-refractivity contribution in [2.75, 3.05) is 13.1 Å². The lowest BCUT2D eigenvalue weighted by Crippen LogP contribution is -2.28. The molecule has 0 saturated carbocycles. The molecule has 4 nitrogen and oxygen atoms in total. The highest BCUT2D eigenvalue weighted by Gasteiger charge is 2.14. The Hall–Kier alpha value is -0.140. The summed E-state index contributed by atoms with van der Waals surface area (Å²) in [6, 6.07) is 3.01. The number of hydrogen-bond acceptors (Lipinski definition) is 4. The molecule has 1 rings (SSSR count). The number of sulfonamides is 1. The SMILES string of the molecule is NCCNS(=O)(=O)c1ccc(Cl)s1. The van der Waals surface area contributed by atoms with Crippen LogP contribution in [0.15, 0.2) is 16.3 Å². The summed E-state index contributed by atoms with van der Waals surface area (Å²) < 4.78 is 25.8. The van der Waals surface area contributed by atoms with Gasteiger partial charge in [0.05, 0.1) is 4.34 Å². The summed E-state index contributed by atoms with van der Waals surface area (Å²) in [4.78, 5) is 0. The first-order valence-corrected chi connectivity index (χ1v) is 6.19. The Morgan fingerprint density at radius 2 is 2.23 bits per heavy atom. The molecule has 3 N–H and O–H groups in total. The van der Waals surface area contributed by atoms with Crippen LogP contribution in [0.25, 0.3) is 0 Å². The van der Waals surface area contributed by atoms with E-state index in [9.17, 15) is 8.42 Å². The van der Waals surface area contributed by atoms with E-state index in [4.69, 9.17) is 17.3 Å². The van der Waals surface area contributed by atoms with E-state index in [1.165, 1.54) is 6.07 Å². The van der Waals surface area contributed by atoms with Crippen LogP contribution in [0.1, 0.15) is 0 Å². The molecule has 0 spiro atoms. The average molecular weight is 241 g/mol. The van der Waals surface area contributed by atoms with Gasteiger partial charge in [-0.05, 0) is 12.1 Å². The molecule has 0 amide bonds. The van der Waals surface area contributed by atoms with Crippen LogP contribution in [0.3, 0.4) is 0 Å². The first-order chi connectivity index (χ1) is 6.06. The predicted molar refractivity (Wildman–Crippen MR) is 53.6 cm³/mol. The lowest BCUT2D eigenvalue weighted by atomic mass is 10.7. The number of thiophene rings is 1. The molecule has 0 aliphatic rings. The van der Waals surface area contributed by atoms with Gasteiger partial charge in [-0.1, -0.05) is 11.6 Å². The van der Waals surface area contributed by atoms with Crippen molar-refractivity contribution in [1.82, 2.24) is 4.72 Å². The van der Waals surface area contributed by atoms with Crippen molar-refractivity contribution in [3.8, 4) is 0 Å². The smallest absolute Gasteiger partial charge is 0.250 e. The van der Waals surface area contributed by atoms with Crippen molar-refractivity contribution in [2.45, 2.75) is 4.21 Å². The van der Waals surface area contributed by atoms with Crippen LogP contribution in [0.5, 0.6) is 0 Å². The third-order valence-electron chi connectivity index (χ3n) is 1.25. The van der Waals surface area contributed by atoms with Crippen LogP contribution < -0.4 is 10.5 Å². The van der Waals surface area contributed by atoms with Crippen molar-refractivity contribution in [3.05, 3.63) is 16.5 Å². The van der Waals surface area contributed by atoms with Crippen molar-refractivity contribution >= 4 is 33.0 Å². The molecule has 0 radical (unpaired) electrons. The minimum atomic E-state index is -3.40. The maximum atomic E-state index is 11.4. The monoisotopic (exact) mass is 240 g/mol. The van der Waals surface area contributed by atoms with Crippen LogP contribution in [0.2, 0.25) is 4.34 Å². The van der Waals surface area contributed by atoms with E-state index in [0.29, 0.717) is 4.34 Å². The molecule has 74 valence electrons. The Bertz CT molecular complexity index is 374. The number of nitrogens with two attached hydrogens (primary N) is 1. The van der Waals surface area contributed by atoms with Gasteiger partial charge in [-0.3, -0.25) is 0 Å². The fraction of sp³-hybridized carbons (Fsp3) is 0.333. The summed E-state index contributed by atoms with van der Waals surface area (Å²) in [7, 11) is -3.40. The summed E-state index contributed by atoms with van der Waals surface area (Å²) in [6.45, 7) is 0.510. The molecule has 0 saturated heterocycles. The van der Waals surface area contributed by atoms with Gasteiger partial charge < -0.3 is 5.73 Å². The van der Waals surface area contributed by atoms with Gasteiger partial charge in [0.15, 0.2) is 0 Å². The normalized spacial score (nSPS) is 11.8. The lowest BCUT2D eigenvalue weighted by molar-refractivity contribution is 0.584. The molecule has 0 aliphatic heterocycles. The molecule has 1 aromatic heterocycles. The number of hydrogen-bond donors (Lipinski definition) is 2. The van der Waals surface area contributed by atoms with Crippen molar-refractivity contribution in [2.24, 2.45) is 5.73 Å². The number of rotatable bonds is 4. The van der Waals surface area contributed by atoms with Crippen LogP contribution in [0.4, 0.5) is 0 Å². The molecule has 0 aromatic carbocycles. The highest BCUT2D eigenvalue weighted by Crippen LogP contribution is 2.24. The minimum Gasteiger partial charge on any atom is -0.329 e. The van der Waals surface area contributed by atoms with Gasteiger partial charge in [0.2, 0.25) is 10.0 Å². The fourth-order valence-electron chi connectivity index (χ4n) is 0.707. The summed E-state index contributed by atoms with van der Waals surface area (Å²) in [5, 5.41) is 0. The van der Waals surface area contributed by atoms with Gasteiger partial charge in [0.25, 0.3) is 0 Å². The molecule has 0 atom stereocenters.